The van der Waals surface area contributed by atoms with E-state index in [1.807, 2.05) is 42.3 Å². The number of hydrogen-bond donors (Lipinski definition) is 0. The molecule has 2 bridgehead atoms. The van der Waals surface area contributed by atoms with Gasteiger partial charge in [0.25, 0.3) is 0 Å². The standard InChI is InChI=1S/C19H29N3OS2/c1-3-20(4-2)19(24)25-22-13-10-21(11-14-22,12-15-22)16-18(23)17-8-6-5-7-9-17/h5-9H,3-4,10-16H2,1-2H3/q+2. The van der Waals surface area contributed by atoms with Gasteiger partial charge in [-0.25, -0.2) is 3.89 Å². The molecule has 0 unspecified atom stereocenters. The zero-order valence-electron chi connectivity index (χ0n) is 15.3. The molecule has 3 heterocycles. The van der Waals surface area contributed by atoms with Crippen LogP contribution in [0.4, 0.5) is 0 Å². The SMILES string of the molecule is CCN(CC)C(=S)S[N+]12CC[N+](CC(=O)c3ccccc3)(CC1)CC2. The molecule has 0 spiro atoms. The number of fused-ring (bicyclic) bond motifs is 3. The smallest absolute Gasteiger partial charge is 0.216 e. The number of Topliss-reactive ketones (excluding diaryl/α,β-unsaturated/α-hetero) is 1. The van der Waals surface area contributed by atoms with Crippen LogP contribution in [0.2, 0.25) is 0 Å². The summed E-state index contributed by atoms with van der Waals surface area (Å²) in [5, 5.41) is 0. The number of ketones is 1. The fourth-order valence-corrected chi connectivity index (χ4v) is 5.91. The van der Waals surface area contributed by atoms with E-state index in [0.717, 1.165) is 70.6 Å². The fourth-order valence-electron chi connectivity index (χ4n) is 3.95. The third-order valence-corrected chi connectivity index (χ3v) is 7.64. The topological polar surface area (TPSA) is 20.3 Å². The number of hydrogen-bond acceptors (Lipinski definition) is 3. The summed E-state index contributed by atoms with van der Waals surface area (Å²) >= 11 is 7.56. The van der Waals surface area contributed by atoms with E-state index in [1.165, 1.54) is 0 Å². The summed E-state index contributed by atoms with van der Waals surface area (Å²) in [7, 11) is 0. The predicted molar refractivity (Wildman–Crippen MR) is 108 cm³/mol. The van der Waals surface area contributed by atoms with Gasteiger partial charge in [0.05, 0.1) is 0 Å². The van der Waals surface area contributed by atoms with E-state index in [2.05, 4.69) is 18.7 Å². The van der Waals surface area contributed by atoms with Gasteiger partial charge in [-0.2, -0.15) is 0 Å². The van der Waals surface area contributed by atoms with Gasteiger partial charge in [-0.05, 0) is 26.1 Å². The molecule has 3 aliphatic rings. The van der Waals surface area contributed by atoms with Gasteiger partial charge in [0.1, 0.15) is 57.8 Å². The zero-order valence-corrected chi connectivity index (χ0v) is 17.0. The van der Waals surface area contributed by atoms with Crippen LogP contribution in [0.1, 0.15) is 24.2 Å². The Morgan fingerprint density at radius 3 is 2.12 bits per heavy atom. The van der Waals surface area contributed by atoms with Crippen LogP contribution < -0.4 is 0 Å². The minimum absolute atomic E-state index is 0.286. The second-order valence-corrected chi connectivity index (χ2v) is 9.21. The van der Waals surface area contributed by atoms with Gasteiger partial charge in [-0.15, -0.1) is 0 Å². The molecule has 4 rings (SSSR count). The van der Waals surface area contributed by atoms with Gasteiger partial charge >= 0.3 is 0 Å². The summed E-state index contributed by atoms with van der Waals surface area (Å²) in [6.45, 7) is 13.6. The fraction of sp³-hybridized carbons (Fsp3) is 0.579. The maximum atomic E-state index is 12.7. The molecule has 0 radical (unpaired) electrons. The number of thiocarbonyl (C=S) groups is 1. The molecule has 0 aliphatic carbocycles. The molecule has 4 nitrogen and oxygen atoms in total. The summed E-state index contributed by atoms with van der Waals surface area (Å²) < 4.78 is 3.05. The van der Waals surface area contributed by atoms with E-state index in [1.54, 1.807) is 0 Å². The van der Waals surface area contributed by atoms with E-state index in [4.69, 9.17) is 12.2 Å². The Labute approximate surface area is 161 Å². The van der Waals surface area contributed by atoms with Crippen LogP contribution in [0, 0.1) is 0 Å². The largest absolute Gasteiger partial charge is 0.354 e. The molecule has 1 aromatic carbocycles. The van der Waals surface area contributed by atoms with Crippen LogP contribution in [0.25, 0.3) is 0 Å². The molecule has 3 aliphatic heterocycles. The molecule has 0 aromatic heterocycles. The van der Waals surface area contributed by atoms with E-state index in [0.29, 0.717) is 6.54 Å². The molecular formula is C19H29N3OS2+2. The molecular weight excluding hydrogens is 350 g/mol. The quantitative estimate of drug-likeness (QED) is 0.328. The van der Waals surface area contributed by atoms with Crippen molar-refractivity contribution in [3.63, 3.8) is 0 Å². The van der Waals surface area contributed by atoms with Crippen molar-refractivity contribution in [3.05, 3.63) is 35.9 Å². The van der Waals surface area contributed by atoms with Crippen molar-refractivity contribution in [3.8, 4) is 0 Å². The number of carbonyl (C=O) groups excluding carboxylic acids is 1. The maximum Gasteiger partial charge on any atom is 0.216 e. The number of quaternary nitrogens is 2. The third kappa shape index (κ3) is 4.08. The summed E-state index contributed by atoms with van der Waals surface area (Å²) in [4.78, 5) is 14.9. The molecule has 6 heteroatoms. The lowest BCUT2D eigenvalue weighted by Crippen LogP contribution is -2.73. The lowest BCUT2D eigenvalue weighted by atomic mass is 10.1. The molecule has 136 valence electrons. The number of rotatable bonds is 6. The van der Waals surface area contributed by atoms with Crippen molar-refractivity contribution in [2.24, 2.45) is 0 Å². The third-order valence-electron chi connectivity index (χ3n) is 5.81. The minimum atomic E-state index is 0.286. The Morgan fingerprint density at radius 2 is 1.60 bits per heavy atom. The highest BCUT2D eigenvalue weighted by Crippen LogP contribution is 2.35. The first-order chi connectivity index (χ1) is 12.0. The van der Waals surface area contributed by atoms with Gasteiger partial charge in [0.2, 0.25) is 5.78 Å². The Kier molecular flexibility index (Phi) is 5.83. The Balaban J connectivity index is 1.61. The van der Waals surface area contributed by atoms with Crippen LogP contribution in [0.15, 0.2) is 30.3 Å². The van der Waals surface area contributed by atoms with Crippen molar-refractivity contribution in [2.45, 2.75) is 13.8 Å². The van der Waals surface area contributed by atoms with Crippen LogP contribution in [0.3, 0.4) is 0 Å². The van der Waals surface area contributed by atoms with Gasteiger partial charge in [-0.3, -0.25) is 4.79 Å². The van der Waals surface area contributed by atoms with Crippen molar-refractivity contribution in [1.82, 2.24) is 4.90 Å². The average molecular weight is 380 g/mol. The first-order valence-corrected chi connectivity index (χ1v) is 10.5. The van der Waals surface area contributed by atoms with Crippen LogP contribution in [-0.2, 0) is 0 Å². The van der Waals surface area contributed by atoms with E-state index >= 15 is 0 Å². The van der Waals surface area contributed by atoms with E-state index in [9.17, 15) is 4.79 Å². The Bertz CT molecular complexity index is 606. The Hall–Kier alpha value is -0.950. The number of nitrogens with zero attached hydrogens (tertiary/aromatic N) is 3. The highest BCUT2D eigenvalue weighted by molar-refractivity contribution is 8.19. The normalized spacial score (nSPS) is 27.9. The highest BCUT2D eigenvalue weighted by atomic mass is 32.2. The summed E-state index contributed by atoms with van der Waals surface area (Å²) in [6.07, 6.45) is 0. The summed E-state index contributed by atoms with van der Waals surface area (Å²) in [5.74, 6) is 0.286. The second kappa shape index (κ2) is 7.74. The molecule has 3 fully saturated rings. The molecule has 0 amide bonds. The summed E-state index contributed by atoms with van der Waals surface area (Å²) in [6, 6.07) is 9.74. The monoisotopic (exact) mass is 379 g/mol. The van der Waals surface area contributed by atoms with Crippen molar-refractivity contribution < 1.29 is 13.2 Å². The molecule has 1 aromatic rings. The predicted octanol–water partition coefficient (Wildman–Crippen LogP) is 2.81. The first kappa shape index (κ1) is 18.8. The highest BCUT2D eigenvalue weighted by Gasteiger charge is 2.51. The first-order valence-electron chi connectivity index (χ1n) is 9.29. The van der Waals surface area contributed by atoms with Gasteiger partial charge in [0.15, 0.2) is 4.32 Å². The van der Waals surface area contributed by atoms with Crippen LogP contribution >= 0.6 is 24.2 Å². The van der Waals surface area contributed by atoms with Crippen molar-refractivity contribution in [1.29, 1.82) is 0 Å². The van der Waals surface area contributed by atoms with Crippen molar-refractivity contribution >= 4 is 34.3 Å². The lowest BCUT2D eigenvalue weighted by molar-refractivity contribution is -1.03. The number of carbonyl (C=O) groups is 1. The summed E-state index contributed by atoms with van der Waals surface area (Å²) in [5.41, 5.74) is 0.851. The van der Waals surface area contributed by atoms with Crippen LogP contribution in [0.5, 0.6) is 0 Å². The van der Waals surface area contributed by atoms with E-state index < -0.39 is 0 Å². The van der Waals surface area contributed by atoms with E-state index in [-0.39, 0.29) is 5.78 Å². The van der Waals surface area contributed by atoms with Gasteiger partial charge in [-0.1, -0.05) is 30.3 Å². The maximum absolute atomic E-state index is 12.7. The zero-order chi connectivity index (χ0) is 17.9. The number of benzene rings is 1. The molecule has 0 saturated carbocycles. The van der Waals surface area contributed by atoms with Crippen LogP contribution in [-0.4, -0.2) is 82.3 Å². The number of piperazine rings is 3. The minimum Gasteiger partial charge on any atom is -0.354 e. The van der Waals surface area contributed by atoms with Crippen molar-refractivity contribution in [2.75, 3.05) is 58.9 Å². The molecule has 3 saturated heterocycles. The second-order valence-electron chi connectivity index (χ2n) is 7.22. The van der Waals surface area contributed by atoms with Gasteiger partial charge in [0, 0.05) is 18.7 Å². The average Bonchev–Trinajstić information content (AvgIpc) is 2.65. The molecule has 0 atom stereocenters. The van der Waals surface area contributed by atoms with Gasteiger partial charge < -0.3 is 9.38 Å². The molecule has 25 heavy (non-hydrogen) atoms. The Morgan fingerprint density at radius 1 is 1.04 bits per heavy atom. The molecule has 0 N–H and O–H groups in total. The lowest BCUT2D eigenvalue weighted by Gasteiger charge is -2.53.